The molecule has 1 unspecified atom stereocenters. The minimum atomic E-state index is -0.0518. The molecule has 1 aromatic carbocycles. The van der Waals surface area contributed by atoms with Gasteiger partial charge in [0.15, 0.2) is 5.13 Å². The number of hydrazone groups is 1. The van der Waals surface area contributed by atoms with Crippen molar-refractivity contribution in [3.63, 3.8) is 0 Å². The summed E-state index contributed by atoms with van der Waals surface area (Å²) in [5, 5.41) is 15.7. The summed E-state index contributed by atoms with van der Waals surface area (Å²) in [6, 6.07) is 12.0. The van der Waals surface area contributed by atoms with Gasteiger partial charge in [-0.25, -0.2) is 14.8 Å². The monoisotopic (exact) mass is 366 g/mol. The summed E-state index contributed by atoms with van der Waals surface area (Å²) in [5.41, 5.74) is 1.10. The van der Waals surface area contributed by atoms with Crippen molar-refractivity contribution in [1.82, 2.24) is 14.9 Å². The summed E-state index contributed by atoms with van der Waals surface area (Å²) in [7, 11) is 0. The van der Waals surface area contributed by atoms with E-state index >= 15 is 0 Å². The van der Waals surface area contributed by atoms with Gasteiger partial charge in [0.1, 0.15) is 10.9 Å². The average Bonchev–Trinajstić information content (AvgIpc) is 3.38. The highest BCUT2D eigenvalue weighted by Gasteiger charge is 2.33. The molecule has 1 aromatic heterocycles. The quantitative estimate of drug-likeness (QED) is 0.819. The number of carbonyl (C=O) groups is 1. The lowest BCUT2D eigenvalue weighted by Gasteiger charge is -2.36. The van der Waals surface area contributed by atoms with Gasteiger partial charge in [0.25, 0.3) is 0 Å². The molecule has 26 heavy (non-hydrogen) atoms. The van der Waals surface area contributed by atoms with Crippen LogP contribution in [0.2, 0.25) is 0 Å². The first-order chi connectivity index (χ1) is 12.8. The van der Waals surface area contributed by atoms with Gasteiger partial charge in [-0.1, -0.05) is 41.7 Å². The summed E-state index contributed by atoms with van der Waals surface area (Å²) < 4.78 is 0. The summed E-state index contributed by atoms with van der Waals surface area (Å²) in [4.78, 5) is 21.8. The standard InChI is InChI=1S/C18H18N6OS/c19-12-15-13-20-17(26-15)22-8-10-23(11-9-22)18(25)24-16(6-7-21-24)14-4-2-1-3-5-14/h1-5,7,13,16H,6,8-11H2. The van der Waals surface area contributed by atoms with Crippen molar-refractivity contribution in [3.05, 3.63) is 47.0 Å². The number of urea groups is 1. The lowest BCUT2D eigenvalue weighted by Crippen LogP contribution is -2.52. The molecule has 7 nitrogen and oxygen atoms in total. The van der Waals surface area contributed by atoms with Crippen LogP contribution in [0.1, 0.15) is 22.9 Å². The normalized spacial score (nSPS) is 19.7. The molecule has 0 spiro atoms. The zero-order valence-electron chi connectivity index (χ0n) is 14.2. The van der Waals surface area contributed by atoms with E-state index in [0.717, 1.165) is 17.1 Å². The van der Waals surface area contributed by atoms with Crippen LogP contribution in [-0.4, -0.2) is 53.3 Å². The zero-order valence-corrected chi connectivity index (χ0v) is 15.0. The number of thiazole rings is 1. The molecule has 0 radical (unpaired) electrons. The molecule has 0 aliphatic carbocycles. The Bertz CT molecular complexity index is 850. The summed E-state index contributed by atoms with van der Waals surface area (Å²) in [6.07, 6.45) is 4.15. The van der Waals surface area contributed by atoms with Crippen LogP contribution in [0.5, 0.6) is 0 Å². The highest BCUT2D eigenvalue weighted by atomic mass is 32.1. The van der Waals surface area contributed by atoms with E-state index in [0.29, 0.717) is 31.1 Å². The lowest BCUT2D eigenvalue weighted by molar-refractivity contribution is 0.139. The smallest absolute Gasteiger partial charge is 0.341 e. The maximum Gasteiger partial charge on any atom is 0.341 e. The number of nitriles is 1. The lowest BCUT2D eigenvalue weighted by atomic mass is 10.1. The van der Waals surface area contributed by atoms with E-state index in [1.54, 1.807) is 11.2 Å². The zero-order chi connectivity index (χ0) is 17.9. The molecule has 2 aromatic rings. The fourth-order valence-corrected chi connectivity index (χ4v) is 4.01. The number of aromatic nitrogens is 1. The predicted octanol–water partition coefficient (Wildman–Crippen LogP) is 2.69. The third kappa shape index (κ3) is 3.13. The van der Waals surface area contributed by atoms with Crippen LogP contribution in [0.15, 0.2) is 41.6 Å². The number of piperazine rings is 1. The number of hydrogen-bond donors (Lipinski definition) is 0. The van der Waals surface area contributed by atoms with Crippen LogP contribution < -0.4 is 4.90 Å². The van der Waals surface area contributed by atoms with E-state index in [1.807, 2.05) is 41.4 Å². The topological polar surface area (TPSA) is 75.8 Å². The highest BCUT2D eigenvalue weighted by Crippen LogP contribution is 2.29. The molecular weight excluding hydrogens is 348 g/mol. The molecule has 0 saturated carbocycles. The van der Waals surface area contributed by atoms with Crippen LogP contribution in [-0.2, 0) is 0 Å². The van der Waals surface area contributed by atoms with Gasteiger partial charge >= 0.3 is 6.03 Å². The Morgan fingerprint density at radius 3 is 2.65 bits per heavy atom. The van der Waals surface area contributed by atoms with E-state index in [4.69, 9.17) is 5.26 Å². The molecule has 1 atom stereocenters. The third-order valence-corrected chi connectivity index (χ3v) is 5.60. The second kappa shape index (κ2) is 7.14. The summed E-state index contributed by atoms with van der Waals surface area (Å²) in [5.74, 6) is 0. The molecule has 132 valence electrons. The Hall–Kier alpha value is -2.92. The molecule has 1 fully saturated rings. The molecule has 0 N–H and O–H groups in total. The molecule has 8 heteroatoms. The number of anilines is 1. The second-order valence-corrected chi connectivity index (χ2v) is 7.19. The van der Waals surface area contributed by atoms with Crippen molar-refractivity contribution >= 4 is 28.7 Å². The second-order valence-electron chi connectivity index (χ2n) is 6.18. The van der Waals surface area contributed by atoms with E-state index in [1.165, 1.54) is 11.3 Å². The van der Waals surface area contributed by atoms with Gasteiger partial charge in [0.2, 0.25) is 0 Å². The number of amides is 2. The highest BCUT2D eigenvalue weighted by molar-refractivity contribution is 7.16. The molecule has 2 aliphatic rings. The van der Waals surface area contributed by atoms with E-state index < -0.39 is 0 Å². The van der Waals surface area contributed by atoms with Crippen molar-refractivity contribution < 1.29 is 4.79 Å². The van der Waals surface area contributed by atoms with Crippen molar-refractivity contribution in [3.8, 4) is 6.07 Å². The van der Waals surface area contributed by atoms with E-state index in [2.05, 4.69) is 21.1 Å². The Labute approximate surface area is 155 Å². The van der Waals surface area contributed by atoms with Gasteiger partial charge in [-0.15, -0.1) is 0 Å². The van der Waals surface area contributed by atoms with E-state index in [9.17, 15) is 4.79 Å². The molecular formula is C18H18N6OS. The molecule has 2 amide bonds. The van der Waals surface area contributed by atoms with Crippen LogP contribution in [0.25, 0.3) is 0 Å². The Kier molecular flexibility index (Phi) is 4.54. The molecule has 3 heterocycles. The van der Waals surface area contributed by atoms with Gasteiger partial charge < -0.3 is 9.80 Å². The van der Waals surface area contributed by atoms with Crippen molar-refractivity contribution in [2.45, 2.75) is 12.5 Å². The number of carbonyl (C=O) groups excluding carboxylic acids is 1. The summed E-state index contributed by atoms with van der Waals surface area (Å²) in [6.45, 7) is 2.65. The van der Waals surface area contributed by atoms with Crippen LogP contribution in [0.3, 0.4) is 0 Å². The minimum absolute atomic E-state index is 0.0288. The minimum Gasteiger partial charge on any atom is -0.345 e. The van der Waals surface area contributed by atoms with Gasteiger partial charge in [-0.2, -0.15) is 10.4 Å². The molecule has 1 saturated heterocycles. The van der Waals surface area contributed by atoms with Crippen LogP contribution in [0, 0.1) is 11.3 Å². The average molecular weight is 366 g/mol. The Morgan fingerprint density at radius 1 is 1.19 bits per heavy atom. The van der Waals surface area contributed by atoms with Crippen LogP contribution in [0.4, 0.5) is 9.93 Å². The van der Waals surface area contributed by atoms with Gasteiger partial charge in [-0.3, -0.25) is 0 Å². The fraction of sp³-hybridized carbons (Fsp3) is 0.333. The molecule has 2 aliphatic heterocycles. The number of rotatable bonds is 2. The third-order valence-electron chi connectivity index (χ3n) is 4.63. The largest absolute Gasteiger partial charge is 0.345 e. The number of nitrogens with zero attached hydrogens (tertiary/aromatic N) is 6. The van der Waals surface area contributed by atoms with Crippen molar-refractivity contribution in [2.24, 2.45) is 5.10 Å². The van der Waals surface area contributed by atoms with Crippen molar-refractivity contribution in [1.29, 1.82) is 5.26 Å². The fourth-order valence-electron chi connectivity index (χ4n) is 3.25. The van der Waals surface area contributed by atoms with Gasteiger partial charge in [0, 0.05) is 38.8 Å². The summed E-state index contributed by atoms with van der Waals surface area (Å²) >= 11 is 1.39. The van der Waals surface area contributed by atoms with Crippen LogP contribution >= 0.6 is 11.3 Å². The van der Waals surface area contributed by atoms with Gasteiger partial charge in [0.05, 0.1) is 12.2 Å². The maximum atomic E-state index is 12.9. The number of hydrogen-bond acceptors (Lipinski definition) is 6. The SMILES string of the molecule is N#Cc1cnc(N2CCN(C(=O)N3N=CCC3c3ccccc3)CC2)s1. The Morgan fingerprint density at radius 2 is 1.96 bits per heavy atom. The first kappa shape index (κ1) is 16.5. The first-order valence-corrected chi connectivity index (χ1v) is 9.34. The molecule has 4 rings (SSSR count). The maximum absolute atomic E-state index is 12.9. The van der Waals surface area contributed by atoms with Gasteiger partial charge in [-0.05, 0) is 5.56 Å². The number of benzene rings is 1. The first-order valence-electron chi connectivity index (χ1n) is 8.52. The predicted molar refractivity (Wildman–Crippen MR) is 100 cm³/mol. The van der Waals surface area contributed by atoms with Crippen molar-refractivity contribution in [2.75, 3.05) is 31.1 Å². The molecule has 0 bridgehead atoms. The Balaban J connectivity index is 1.40. The van der Waals surface area contributed by atoms with E-state index in [-0.39, 0.29) is 12.1 Å².